The number of nitrogens with zero attached hydrogens (tertiary/aromatic N) is 1. The van der Waals surface area contributed by atoms with Gasteiger partial charge in [0.2, 0.25) is 5.91 Å². The quantitative estimate of drug-likeness (QED) is 0.0206. The molecule has 0 aromatic heterocycles. The number of likely N-dealkylation sites (tertiary alicyclic amines) is 1. The summed E-state index contributed by atoms with van der Waals surface area (Å²) in [5, 5.41) is 22.4. The van der Waals surface area contributed by atoms with Crippen molar-refractivity contribution >= 4 is 48.8 Å². The number of aldehydes is 2. The molecule has 0 aromatic rings. The zero-order chi connectivity index (χ0) is 27.8. The van der Waals surface area contributed by atoms with Gasteiger partial charge in [-0.3, -0.25) is 25.3 Å². The summed E-state index contributed by atoms with van der Waals surface area (Å²) in [4.78, 5) is 50.9. The molecule has 1 fully saturated rings. The second-order valence-corrected chi connectivity index (χ2v) is 9.32. The van der Waals surface area contributed by atoms with Crippen LogP contribution in [-0.2, 0) is 19.2 Å². The van der Waals surface area contributed by atoms with Crippen LogP contribution in [-0.4, -0.2) is 96.7 Å². The Hall–Kier alpha value is -2.75. The highest BCUT2D eigenvalue weighted by Gasteiger charge is 2.38. The van der Waals surface area contributed by atoms with E-state index in [1.807, 2.05) is 4.90 Å². The standard InChI is InChI=1S/C22H42N10O4S/c1-14(19(35)17(13-37)31-30-16(12-34)6-3-9-28-22(25)26)32-10-4-7-18(32)20(36)29-15(11-33)5-2-8-27-21(23)24/h11-12,14-18,30-31,37H,2-10,13H2,1H3,(H,29,36)(H4,23,24,27)(H4,25,26,28)/t14?,15-,16-,17-,18-/m0/s1. The van der Waals surface area contributed by atoms with E-state index in [1.54, 1.807) is 6.92 Å². The number of hydrogen-bond acceptors (Lipinski definition) is 10. The van der Waals surface area contributed by atoms with Crippen molar-refractivity contribution in [3.63, 3.8) is 0 Å². The fraction of sp³-hybridized carbons (Fsp3) is 0.727. The summed E-state index contributed by atoms with van der Waals surface area (Å²) in [6.07, 6.45) is 4.74. The largest absolute Gasteiger partial charge is 0.370 e. The minimum atomic E-state index is -0.697. The number of hydrogen-bond donors (Lipinski definition) is 10. The van der Waals surface area contributed by atoms with E-state index in [4.69, 9.17) is 22.3 Å². The van der Waals surface area contributed by atoms with E-state index in [0.29, 0.717) is 58.0 Å². The molecule has 0 spiro atoms. The number of carbonyl (C=O) groups is 4. The highest BCUT2D eigenvalue weighted by atomic mass is 32.1. The van der Waals surface area contributed by atoms with E-state index in [2.05, 4.69) is 39.4 Å². The first-order valence-electron chi connectivity index (χ1n) is 12.4. The Morgan fingerprint density at radius 2 is 1.59 bits per heavy atom. The fourth-order valence-electron chi connectivity index (χ4n) is 4.12. The van der Waals surface area contributed by atoms with Crippen molar-refractivity contribution in [3.05, 3.63) is 0 Å². The third-order valence-electron chi connectivity index (χ3n) is 6.15. The summed E-state index contributed by atoms with van der Waals surface area (Å²) >= 11 is 4.28. The van der Waals surface area contributed by atoms with Gasteiger partial charge in [0.25, 0.3) is 0 Å². The molecule has 1 aliphatic rings. The Morgan fingerprint density at radius 3 is 2.11 bits per heavy atom. The van der Waals surface area contributed by atoms with Gasteiger partial charge in [0.05, 0.1) is 30.2 Å². The first kappa shape index (κ1) is 32.3. The molecule has 5 atom stereocenters. The number of amides is 1. The Balaban J connectivity index is 2.63. The van der Waals surface area contributed by atoms with Gasteiger partial charge < -0.3 is 37.0 Å². The highest BCUT2D eigenvalue weighted by Crippen LogP contribution is 2.22. The maximum atomic E-state index is 13.2. The zero-order valence-electron chi connectivity index (χ0n) is 21.3. The number of nitrogens with one attached hydrogen (secondary N) is 7. The summed E-state index contributed by atoms with van der Waals surface area (Å²) in [5.41, 5.74) is 16.2. The van der Waals surface area contributed by atoms with Crippen LogP contribution in [0.3, 0.4) is 0 Å². The topological polar surface area (TPSA) is 231 Å². The molecular weight excluding hydrogens is 500 g/mol. The molecular formula is C22H42N10O4S. The number of guanidine groups is 2. The third-order valence-corrected chi connectivity index (χ3v) is 6.51. The summed E-state index contributed by atoms with van der Waals surface area (Å²) in [6, 6.07) is -3.04. The molecule has 0 radical (unpaired) electrons. The number of ketones is 1. The minimum Gasteiger partial charge on any atom is -0.370 e. The van der Waals surface area contributed by atoms with E-state index in [1.165, 1.54) is 0 Å². The number of carbonyl (C=O) groups excluding carboxylic acids is 4. The Bertz CT molecular complexity index is 787. The minimum absolute atomic E-state index is 0.138. The van der Waals surface area contributed by atoms with Gasteiger partial charge in [-0.15, -0.1) is 0 Å². The molecule has 0 aromatic carbocycles. The predicted molar refractivity (Wildman–Crippen MR) is 144 cm³/mol. The molecule has 1 unspecified atom stereocenters. The van der Waals surface area contributed by atoms with Crippen LogP contribution >= 0.6 is 12.6 Å². The first-order chi connectivity index (χ1) is 17.6. The van der Waals surface area contributed by atoms with E-state index in [-0.39, 0.29) is 29.4 Å². The Kier molecular flexibility index (Phi) is 15.4. The van der Waals surface area contributed by atoms with Gasteiger partial charge in [0.1, 0.15) is 12.6 Å². The second-order valence-electron chi connectivity index (χ2n) is 8.96. The van der Waals surface area contributed by atoms with Gasteiger partial charge in [-0.25, -0.2) is 10.9 Å². The molecule has 1 aliphatic heterocycles. The van der Waals surface area contributed by atoms with E-state index < -0.39 is 30.2 Å². The number of thiol groups is 1. The van der Waals surface area contributed by atoms with Crippen molar-refractivity contribution in [2.75, 3.05) is 25.4 Å². The molecule has 210 valence electrons. The number of rotatable bonds is 19. The molecule has 1 saturated heterocycles. The molecule has 0 aliphatic carbocycles. The van der Waals surface area contributed by atoms with Crippen LogP contribution in [0.15, 0.2) is 0 Å². The molecule has 0 saturated carbocycles. The highest BCUT2D eigenvalue weighted by molar-refractivity contribution is 7.80. The SMILES string of the molecule is CC(C(=O)[C@H](CS)NN[C@H](C=O)CCCNC(=N)N)N1CCC[C@H]1C(=O)N[C@H](C=O)CCCNC(=N)N. The van der Waals surface area contributed by atoms with Crippen LogP contribution in [0.5, 0.6) is 0 Å². The average molecular weight is 543 g/mol. The molecule has 11 N–H and O–H groups in total. The van der Waals surface area contributed by atoms with E-state index >= 15 is 0 Å². The number of hydrazine groups is 1. The second kappa shape index (κ2) is 17.7. The number of Topliss-reactive ketones (excluding diaryl/α,β-unsaturated/α-hetero) is 1. The fourth-order valence-corrected chi connectivity index (χ4v) is 4.39. The molecule has 0 bridgehead atoms. The van der Waals surface area contributed by atoms with Crippen molar-refractivity contribution < 1.29 is 19.2 Å². The summed E-state index contributed by atoms with van der Waals surface area (Å²) < 4.78 is 0. The van der Waals surface area contributed by atoms with Crippen LogP contribution in [0.25, 0.3) is 0 Å². The lowest BCUT2D eigenvalue weighted by atomic mass is 10.0. The van der Waals surface area contributed by atoms with Gasteiger partial charge >= 0.3 is 0 Å². The lowest BCUT2D eigenvalue weighted by Gasteiger charge is -2.32. The van der Waals surface area contributed by atoms with Crippen LogP contribution in [0.4, 0.5) is 0 Å². The van der Waals surface area contributed by atoms with Gasteiger partial charge in [-0.1, -0.05) is 0 Å². The Morgan fingerprint density at radius 1 is 1.03 bits per heavy atom. The Labute approximate surface area is 223 Å². The smallest absolute Gasteiger partial charge is 0.237 e. The van der Waals surface area contributed by atoms with E-state index in [0.717, 1.165) is 12.7 Å². The maximum absolute atomic E-state index is 13.2. The van der Waals surface area contributed by atoms with Gasteiger partial charge in [-0.2, -0.15) is 12.6 Å². The van der Waals surface area contributed by atoms with Gasteiger partial charge in [0.15, 0.2) is 17.7 Å². The van der Waals surface area contributed by atoms with Crippen molar-refractivity contribution in [1.29, 1.82) is 10.8 Å². The number of nitrogens with two attached hydrogens (primary N) is 2. The third kappa shape index (κ3) is 11.9. The molecule has 14 nitrogen and oxygen atoms in total. The zero-order valence-corrected chi connectivity index (χ0v) is 22.2. The molecule has 1 amide bonds. The lowest BCUT2D eigenvalue weighted by Crippen LogP contribution is -2.58. The van der Waals surface area contributed by atoms with Gasteiger partial charge in [-0.05, 0) is 52.0 Å². The van der Waals surface area contributed by atoms with Crippen molar-refractivity contribution in [2.24, 2.45) is 11.5 Å². The van der Waals surface area contributed by atoms with E-state index in [9.17, 15) is 19.2 Å². The van der Waals surface area contributed by atoms with Crippen molar-refractivity contribution in [2.45, 2.75) is 75.7 Å². The van der Waals surface area contributed by atoms with Crippen molar-refractivity contribution in [3.8, 4) is 0 Å². The lowest BCUT2D eigenvalue weighted by molar-refractivity contribution is -0.132. The normalized spacial score (nSPS) is 18.7. The molecule has 15 heteroatoms. The van der Waals surface area contributed by atoms with Crippen LogP contribution in [0, 0.1) is 10.8 Å². The summed E-state index contributed by atoms with van der Waals surface area (Å²) in [6.45, 7) is 3.17. The van der Waals surface area contributed by atoms with Crippen LogP contribution in [0.1, 0.15) is 45.4 Å². The summed E-state index contributed by atoms with van der Waals surface area (Å²) in [5.74, 6) is -0.588. The molecule has 1 heterocycles. The van der Waals surface area contributed by atoms with Crippen LogP contribution in [0.2, 0.25) is 0 Å². The van der Waals surface area contributed by atoms with Crippen molar-refractivity contribution in [1.82, 2.24) is 31.7 Å². The average Bonchev–Trinajstić information content (AvgIpc) is 3.36. The van der Waals surface area contributed by atoms with Crippen LogP contribution < -0.4 is 38.3 Å². The first-order valence-corrected chi connectivity index (χ1v) is 13.1. The maximum Gasteiger partial charge on any atom is 0.237 e. The predicted octanol–water partition coefficient (Wildman–Crippen LogP) is -2.42. The molecule has 37 heavy (non-hydrogen) atoms. The molecule has 1 rings (SSSR count). The van der Waals surface area contributed by atoms with Gasteiger partial charge in [0, 0.05) is 18.8 Å². The monoisotopic (exact) mass is 542 g/mol. The summed E-state index contributed by atoms with van der Waals surface area (Å²) in [7, 11) is 0.